The lowest BCUT2D eigenvalue weighted by Crippen LogP contribution is -2.19. The van der Waals surface area contributed by atoms with Crippen LogP contribution in [0.2, 0.25) is 0 Å². The van der Waals surface area contributed by atoms with E-state index in [1.807, 2.05) is 18.2 Å². The molecule has 0 radical (unpaired) electrons. The lowest BCUT2D eigenvalue weighted by atomic mass is 10.1. The number of nitrogens with zero attached hydrogens (tertiary/aromatic N) is 1. The van der Waals surface area contributed by atoms with Crippen molar-refractivity contribution in [1.82, 2.24) is 4.83 Å². The van der Waals surface area contributed by atoms with Crippen LogP contribution in [0.1, 0.15) is 12.5 Å². The third-order valence-corrected chi connectivity index (χ3v) is 4.70. The van der Waals surface area contributed by atoms with Crippen LogP contribution in [0.15, 0.2) is 63.0 Å². The predicted octanol–water partition coefficient (Wildman–Crippen LogP) is 3.16. The second kappa shape index (κ2) is 6.93. The summed E-state index contributed by atoms with van der Waals surface area (Å²) in [6.45, 7) is 1.72. The first-order chi connectivity index (χ1) is 10.4. The van der Waals surface area contributed by atoms with Gasteiger partial charge in [-0.1, -0.05) is 28.1 Å². The minimum Gasteiger partial charge on any atom is -0.497 e. The number of rotatable bonds is 5. The van der Waals surface area contributed by atoms with Gasteiger partial charge in [-0.3, -0.25) is 0 Å². The van der Waals surface area contributed by atoms with Crippen molar-refractivity contribution in [1.29, 1.82) is 0 Å². The third kappa shape index (κ3) is 4.08. The van der Waals surface area contributed by atoms with Gasteiger partial charge in [0, 0.05) is 10.0 Å². The van der Waals surface area contributed by atoms with Crippen molar-refractivity contribution < 1.29 is 13.2 Å². The Morgan fingerprint density at radius 1 is 1.18 bits per heavy atom. The summed E-state index contributed by atoms with van der Waals surface area (Å²) in [5, 5.41) is 3.95. The second-order valence-corrected chi connectivity index (χ2v) is 7.05. The van der Waals surface area contributed by atoms with E-state index in [2.05, 4.69) is 25.9 Å². The van der Waals surface area contributed by atoms with E-state index >= 15 is 0 Å². The topological polar surface area (TPSA) is 67.8 Å². The molecule has 0 heterocycles. The molecule has 0 bridgehead atoms. The van der Waals surface area contributed by atoms with Crippen molar-refractivity contribution in [3.8, 4) is 5.75 Å². The van der Waals surface area contributed by atoms with Crippen LogP contribution in [0.5, 0.6) is 5.75 Å². The lowest BCUT2D eigenvalue weighted by molar-refractivity contribution is 0.414. The summed E-state index contributed by atoms with van der Waals surface area (Å²) in [6.07, 6.45) is 0. The summed E-state index contributed by atoms with van der Waals surface area (Å²) in [5.74, 6) is 0.683. The van der Waals surface area contributed by atoms with Crippen LogP contribution in [-0.2, 0) is 10.0 Å². The summed E-state index contributed by atoms with van der Waals surface area (Å²) in [7, 11) is -2.11. The van der Waals surface area contributed by atoms with Gasteiger partial charge in [-0.2, -0.15) is 18.4 Å². The summed E-state index contributed by atoms with van der Waals surface area (Å²) < 4.78 is 30.2. The quantitative estimate of drug-likeness (QED) is 0.637. The van der Waals surface area contributed by atoms with Gasteiger partial charge >= 0.3 is 0 Å². The number of ether oxygens (including phenoxy) is 1. The van der Waals surface area contributed by atoms with E-state index in [0.717, 1.165) is 10.0 Å². The Morgan fingerprint density at radius 3 is 2.50 bits per heavy atom. The third-order valence-electron chi connectivity index (χ3n) is 2.94. The number of hydrogen-bond donors (Lipinski definition) is 1. The van der Waals surface area contributed by atoms with Crippen LogP contribution in [0.3, 0.4) is 0 Å². The molecule has 0 unspecified atom stereocenters. The number of methoxy groups -OCH3 is 1. The van der Waals surface area contributed by atoms with Crippen molar-refractivity contribution >= 4 is 31.7 Å². The second-order valence-electron chi connectivity index (χ2n) is 4.48. The van der Waals surface area contributed by atoms with Gasteiger partial charge in [-0.15, -0.1) is 0 Å². The Balaban J connectivity index is 2.20. The van der Waals surface area contributed by atoms with Crippen LogP contribution in [0, 0.1) is 0 Å². The molecule has 116 valence electrons. The molecule has 0 saturated heterocycles. The van der Waals surface area contributed by atoms with Gasteiger partial charge in [-0.25, -0.2) is 0 Å². The zero-order valence-corrected chi connectivity index (χ0v) is 14.5. The summed E-state index contributed by atoms with van der Waals surface area (Å²) in [4.78, 5) is 2.39. The molecule has 2 rings (SSSR count). The van der Waals surface area contributed by atoms with E-state index in [-0.39, 0.29) is 4.90 Å². The van der Waals surface area contributed by atoms with Gasteiger partial charge in [0.2, 0.25) is 0 Å². The van der Waals surface area contributed by atoms with Gasteiger partial charge in [-0.05, 0) is 43.3 Å². The highest BCUT2D eigenvalue weighted by Crippen LogP contribution is 2.15. The molecule has 2 aromatic rings. The molecule has 22 heavy (non-hydrogen) atoms. The minimum absolute atomic E-state index is 0.151. The molecule has 5 nitrogen and oxygen atoms in total. The molecular formula is C15H15BrN2O3S. The minimum atomic E-state index is -3.69. The highest BCUT2D eigenvalue weighted by atomic mass is 79.9. The van der Waals surface area contributed by atoms with Crippen molar-refractivity contribution in [2.75, 3.05) is 7.11 Å². The Labute approximate surface area is 138 Å². The van der Waals surface area contributed by atoms with Crippen LogP contribution in [-0.4, -0.2) is 21.2 Å². The van der Waals surface area contributed by atoms with Gasteiger partial charge in [0.05, 0.1) is 17.7 Å². The molecule has 0 aliphatic carbocycles. The van der Waals surface area contributed by atoms with E-state index in [1.165, 1.54) is 12.1 Å². The van der Waals surface area contributed by atoms with E-state index in [1.54, 1.807) is 32.2 Å². The van der Waals surface area contributed by atoms with Gasteiger partial charge in [0.1, 0.15) is 5.75 Å². The van der Waals surface area contributed by atoms with Crippen LogP contribution >= 0.6 is 15.9 Å². The van der Waals surface area contributed by atoms with E-state index in [4.69, 9.17) is 4.74 Å². The summed E-state index contributed by atoms with van der Waals surface area (Å²) in [5.41, 5.74) is 1.32. The number of hydrogen-bond acceptors (Lipinski definition) is 4. The van der Waals surface area contributed by atoms with Crippen molar-refractivity contribution in [3.63, 3.8) is 0 Å². The normalized spacial score (nSPS) is 12.0. The fourth-order valence-corrected chi connectivity index (χ4v) is 2.83. The maximum absolute atomic E-state index is 12.1. The maximum atomic E-state index is 12.1. The highest BCUT2D eigenvalue weighted by molar-refractivity contribution is 9.10. The molecule has 7 heteroatoms. The first-order valence-corrected chi connectivity index (χ1v) is 8.66. The number of benzene rings is 2. The fraction of sp³-hybridized carbons (Fsp3) is 0.133. The molecular weight excluding hydrogens is 368 g/mol. The first kappa shape index (κ1) is 16.5. The molecule has 0 aliphatic heterocycles. The van der Waals surface area contributed by atoms with Gasteiger partial charge in [0.15, 0.2) is 0 Å². The summed E-state index contributed by atoms with van der Waals surface area (Å²) >= 11 is 3.26. The number of hydrazone groups is 1. The Kier molecular flexibility index (Phi) is 5.20. The molecule has 0 aliphatic rings. The average Bonchev–Trinajstić information content (AvgIpc) is 2.53. The first-order valence-electron chi connectivity index (χ1n) is 6.38. The standard InChI is InChI=1S/C15H15BrN2O3S/c1-11(12-4-3-5-14(10-12)21-2)17-18-22(19,20)15-8-6-13(16)7-9-15/h3-10,18H,1-2H3/b17-11-. The van der Waals surface area contributed by atoms with E-state index in [9.17, 15) is 8.42 Å². The molecule has 0 amide bonds. The zero-order chi connectivity index (χ0) is 16.2. The number of nitrogens with one attached hydrogen (secondary N) is 1. The average molecular weight is 383 g/mol. The smallest absolute Gasteiger partial charge is 0.276 e. The molecule has 2 aromatic carbocycles. The largest absolute Gasteiger partial charge is 0.497 e. The molecule has 0 aromatic heterocycles. The molecule has 1 N–H and O–H groups in total. The van der Waals surface area contributed by atoms with Crippen molar-refractivity contribution in [3.05, 3.63) is 58.6 Å². The van der Waals surface area contributed by atoms with Gasteiger partial charge < -0.3 is 4.74 Å². The monoisotopic (exact) mass is 382 g/mol. The zero-order valence-electron chi connectivity index (χ0n) is 12.1. The Hall–Kier alpha value is -1.86. The summed E-state index contributed by atoms with van der Waals surface area (Å²) in [6, 6.07) is 13.6. The fourth-order valence-electron chi connectivity index (χ4n) is 1.71. The molecule has 0 atom stereocenters. The van der Waals surface area contributed by atoms with E-state index < -0.39 is 10.0 Å². The highest BCUT2D eigenvalue weighted by Gasteiger charge is 2.12. The number of sulfonamides is 1. The maximum Gasteiger partial charge on any atom is 0.276 e. The van der Waals surface area contributed by atoms with Crippen molar-refractivity contribution in [2.24, 2.45) is 5.10 Å². The Bertz CT molecular complexity index is 787. The van der Waals surface area contributed by atoms with Crippen LogP contribution < -0.4 is 9.57 Å². The SMILES string of the molecule is COc1cccc(/C(C)=N\NS(=O)(=O)c2ccc(Br)cc2)c1. The predicted molar refractivity (Wildman–Crippen MR) is 89.7 cm³/mol. The molecule has 0 fully saturated rings. The van der Waals surface area contributed by atoms with Crippen LogP contribution in [0.4, 0.5) is 0 Å². The Morgan fingerprint density at radius 2 is 1.86 bits per heavy atom. The number of halogens is 1. The van der Waals surface area contributed by atoms with E-state index in [0.29, 0.717) is 11.5 Å². The van der Waals surface area contributed by atoms with Gasteiger partial charge in [0.25, 0.3) is 10.0 Å². The van der Waals surface area contributed by atoms with Crippen molar-refractivity contribution in [2.45, 2.75) is 11.8 Å². The molecule has 0 spiro atoms. The van der Waals surface area contributed by atoms with Crippen LogP contribution in [0.25, 0.3) is 0 Å². The molecule has 0 saturated carbocycles. The lowest BCUT2D eigenvalue weighted by Gasteiger charge is -2.06.